The van der Waals surface area contributed by atoms with E-state index in [1.165, 1.54) is 12.1 Å². The fraction of sp³-hybridized carbons (Fsp3) is 0.375. The highest BCUT2D eigenvalue weighted by Gasteiger charge is 2.19. The van der Waals surface area contributed by atoms with E-state index < -0.39 is 10.9 Å². The van der Waals surface area contributed by atoms with E-state index in [2.05, 4.69) is 5.10 Å². The van der Waals surface area contributed by atoms with Gasteiger partial charge in [0.25, 0.3) is 5.69 Å². The fourth-order valence-electron chi connectivity index (χ4n) is 2.19. The Morgan fingerprint density at radius 1 is 1.35 bits per heavy atom. The number of rotatable bonds is 6. The van der Waals surface area contributed by atoms with Crippen LogP contribution in [0.3, 0.4) is 0 Å². The summed E-state index contributed by atoms with van der Waals surface area (Å²) in [6.45, 7) is 6.13. The van der Waals surface area contributed by atoms with Crippen molar-refractivity contribution >= 4 is 11.7 Å². The van der Waals surface area contributed by atoms with Gasteiger partial charge in [-0.2, -0.15) is 5.10 Å². The van der Waals surface area contributed by atoms with E-state index in [1.807, 2.05) is 13.8 Å². The first-order chi connectivity index (χ1) is 10.9. The average molecular weight is 317 g/mol. The Balaban J connectivity index is 2.38. The van der Waals surface area contributed by atoms with E-state index >= 15 is 0 Å². The van der Waals surface area contributed by atoms with Gasteiger partial charge in [0.1, 0.15) is 5.56 Å². The third kappa shape index (κ3) is 3.94. The summed E-state index contributed by atoms with van der Waals surface area (Å²) >= 11 is 0. The molecule has 122 valence electrons. The Kier molecular flexibility index (Phi) is 5.10. The molecule has 0 atom stereocenters. The number of benzene rings is 1. The maximum absolute atomic E-state index is 12.1. The molecule has 1 heterocycles. The van der Waals surface area contributed by atoms with Crippen molar-refractivity contribution in [1.82, 2.24) is 9.78 Å². The number of carbonyl (C=O) groups excluding carboxylic acids is 1. The third-order valence-electron chi connectivity index (χ3n) is 3.21. The normalized spacial score (nSPS) is 10.8. The van der Waals surface area contributed by atoms with Crippen molar-refractivity contribution in [2.24, 2.45) is 5.92 Å². The molecule has 23 heavy (non-hydrogen) atoms. The van der Waals surface area contributed by atoms with E-state index in [4.69, 9.17) is 4.74 Å². The van der Waals surface area contributed by atoms with Gasteiger partial charge < -0.3 is 4.74 Å². The van der Waals surface area contributed by atoms with Crippen LogP contribution in [0.15, 0.2) is 30.5 Å². The minimum atomic E-state index is -0.457. The monoisotopic (exact) mass is 317 g/mol. The van der Waals surface area contributed by atoms with E-state index in [0.717, 1.165) is 0 Å². The Labute approximate surface area is 134 Å². The molecular weight excluding hydrogens is 298 g/mol. The summed E-state index contributed by atoms with van der Waals surface area (Å²) in [5.41, 5.74) is 1.75. The van der Waals surface area contributed by atoms with Crippen molar-refractivity contribution < 1.29 is 14.5 Å². The van der Waals surface area contributed by atoms with E-state index in [9.17, 15) is 14.9 Å². The second-order valence-corrected chi connectivity index (χ2v) is 5.53. The molecule has 1 aromatic carbocycles. The number of ether oxygens (including phenoxy) is 1. The van der Waals surface area contributed by atoms with Gasteiger partial charge in [-0.1, -0.05) is 13.8 Å². The molecule has 0 aliphatic carbocycles. The van der Waals surface area contributed by atoms with Gasteiger partial charge in [0.2, 0.25) is 0 Å². The van der Waals surface area contributed by atoms with Crippen molar-refractivity contribution in [3.8, 4) is 5.69 Å². The molecule has 0 spiro atoms. The lowest BCUT2D eigenvalue weighted by molar-refractivity contribution is -0.384. The highest BCUT2D eigenvalue weighted by atomic mass is 16.6. The molecule has 7 heteroatoms. The van der Waals surface area contributed by atoms with E-state index in [-0.39, 0.29) is 5.69 Å². The Hall–Kier alpha value is -2.70. The molecule has 0 fully saturated rings. The molecule has 0 unspecified atom stereocenters. The molecule has 0 amide bonds. The molecule has 0 radical (unpaired) electrons. The van der Waals surface area contributed by atoms with Crippen LogP contribution in [0.5, 0.6) is 0 Å². The summed E-state index contributed by atoms with van der Waals surface area (Å²) in [6.07, 6.45) is 2.25. The van der Waals surface area contributed by atoms with Crippen LogP contribution in [0.25, 0.3) is 5.69 Å². The average Bonchev–Trinajstić information content (AvgIpc) is 2.90. The van der Waals surface area contributed by atoms with Gasteiger partial charge in [-0.05, 0) is 31.4 Å². The van der Waals surface area contributed by atoms with Crippen LogP contribution < -0.4 is 0 Å². The molecule has 0 N–H and O–H groups in total. The van der Waals surface area contributed by atoms with Crippen molar-refractivity contribution in [2.45, 2.75) is 27.2 Å². The molecular formula is C16H19N3O4. The SMILES string of the molecule is CCOC(=O)c1cn(-c2ccc([N+](=O)[O-])cc2)nc1CC(C)C. The smallest absolute Gasteiger partial charge is 0.341 e. The molecule has 7 nitrogen and oxygen atoms in total. The summed E-state index contributed by atoms with van der Waals surface area (Å²) in [6, 6.07) is 6.00. The Bertz CT molecular complexity index is 705. The standard InChI is InChI=1S/C16H19N3O4/c1-4-23-16(20)14-10-18(17-15(14)9-11(2)3)12-5-7-13(8-6-12)19(21)22/h5-8,10-11H,4,9H2,1-3H3. The highest BCUT2D eigenvalue weighted by Crippen LogP contribution is 2.19. The largest absolute Gasteiger partial charge is 0.462 e. The van der Waals surface area contributed by atoms with Crippen LogP contribution in [-0.2, 0) is 11.2 Å². The zero-order valence-corrected chi connectivity index (χ0v) is 13.4. The molecule has 0 aliphatic heterocycles. The minimum absolute atomic E-state index is 0.00826. The second-order valence-electron chi connectivity index (χ2n) is 5.53. The first-order valence-electron chi connectivity index (χ1n) is 7.42. The van der Waals surface area contributed by atoms with Gasteiger partial charge in [-0.3, -0.25) is 10.1 Å². The van der Waals surface area contributed by atoms with Gasteiger partial charge in [0.05, 0.1) is 22.9 Å². The summed E-state index contributed by atoms with van der Waals surface area (Å²) < 4.78 is 6.62. The third-order valence-corrected chi connectivity index (χ3v) is 3.21. The number of aromatic nitrogens is 2. The predicted octanol–water partition coefficient (Wildman–Crippen LogP) is 3.16. The van der Waals surface area contributed by atoms with Crippen LogP contribution in [0.4, 0.5) is 5.69 Å². The number of carbonyl (C=O) groups is 1. The summed E-state index contributed by atoms with van der Waals surface area (Å²) in [5.74, 6) is -0.0697. The summed E-state index contributed by atoms with van der Waals surface area (Å²) in [7, 11) is 0. The van der Waals surface area contributed by atoms with Crippen molar-refractivity contribution in [2.75, 3.05) is 6.61 Å². The number of nitrogens with zero attached hydrogens (tertiary/aromatic N) is 3. The Morgan fingerprint density at radius 3 is 2.52 bits per heavy atom. The molecule has 0 saturated heterocycles. The number of non-ortho nitro benzene ring substituents is 1. The second kappa shape index (κ2) is 7.04. The Morgan fingerprint density at radius 2 is 2.00 bits per heavy atom. The maximum atomic E-state index is 12.1. The van der Waals surface area contributed by atoms with Crippen molar-refractivity contribution in [3.05, 3.63) is 51.8 Å². The van der Waals surface area contributed by atoms with Crippen LogP contribution >= 0.6 is 0 Å². The number of hydrogen-bond acceptors (Lipinski definition) is 5. The topological polar surface area (TPSA) is 87.3 Å². The van der Waals surface area contributed by atoms with E-state index in [0.29, 0.717) is 35.9 Å². The highest BCUT2D eigenvalue weighted by molar-refractivity contribution is 5.90. The molecule has 0 bridgehead atoms. The summed E-state index contributed by atoms with van der Waals surface area (Å²) in [5, 5.41) is 15.2. The first kappa shape index (κ1) is 16.7. The summed E-state index contributed by atoms with van der Waals surface area (Å²) in [4.78, 5) is 22.3. The molecule has 2 aromatic rings. The zero-order chi connectivity index (χ0) is 17.0. The van der Waals surface area contributed by atoms with E-state index in [1.54, 1.807) is 29.9 Å². The molecule has 2 rings (SSSR count). The van der Waals surface area contributed by atoms with Gasteiger partial charge in [0, 0.05) is 18.3 Å². The van der Waals surface area contributed by atoms with Gasteiger partial charge >= 0.3 is 5.97 Å². The minimum Gasteiger partial charge on any atom is -0.462 e. The van der Waals surface area contributed by atoms with Crippen molar-refractivity contribution in [1.29, 1.82) is 0 Å². The molecule has 1 aromatic heterocycles. The van der Waals surface area contributed by atoms with Crippen LogP contribution in [0.1, 0.15) is 36.8 Å². The quantitative estimate of drug-likeness (QED) is 0.464. The maximum Gasteiger partial charge on any atom is 0.341 e. The lowest BCUT2D eigenvalue weighted by Gasteiger charge is -2.04. The molecule has 0 aliphatic rings. The number of hydrogen-bond donors (Lipinski definition) is 0. The lowest BCUT2D eigenvalue weighted by Crippen LogP contribution is -2.08. The number of esters is 1. The predicted molar refractivity (Wildman–Crippen MR) is 84.7 cm³/mol. The van der Waals surface area contributed by atoms with Crippen molar-refractivity contribution in [3.63, 3.8) is 0 Å². The molecule has 0 saturated carbocycles. The zero-order valence-electron chi connectivity index (χ0n) is 13.4. The van der Waals surface area contributed by atoms with Crippen LogP contribution in [-0.4, -0.2) is 27.3 Å². The van der Waals surface area contributed by atoms with Gasteiger partial charge in [0.15, 0.2) is 0 Å². The number of nitro benzene ring substituents is 1. The van der Waals surface area contributed by atoms with Gasteiger partial charge in [-0.15, -0.1) is 0 Å². The van der Waals surface area contributed by atoms with Crippen LogP contribution in [0.2, 0.25) is 0 Å². The lowest BCUT2D eigenvalue weighted by atomic mass is 10.1. The van der Waals surface area contributed by atoms with Crippen LogP contribution in [0, 0.1) is 16.0 Å². The van der Waals surface area contributed by atoms with Gasteiger partial charge in [-0.25, -0.2) is 9.48 Å². The fourth-order valence-corrected chi connectivity index (χ4v) is 2.19. The number of nitro groups is 1. The first-order valence-corrected chi connectivity index (χ1v) is 7.42.